The van der Waals surface area contributed by atoms with Crippen molar-refractivity contribution in [1.29, 1.82) is 0 Å². The molecular formula is C50H26N4S2. The maximum Gasteiger partial charge on any atom is 0.0724 e. The van der Waals surface area contributed by atoms with E-state index in [1.807, 2.05) is 47.5 Å². The van der Waals surface area contributed by atoms with Crippen molar-refractivity contribution in [3.8, 4) is 11.4 Å². The van der Waals surface area contributed by atoms with Crippen molar-refractivity contribution in [3.63, 3.8) is 0 Å². The van der Waals surface area contributed by atoms with Crippen LogP contribution < -0.4 is 0 Å². The molecule has 0 saturated carbocycles. The van der Waals surface area contributed by atoms with Crippen molar-refractivity contribution < 1.29 is 0 Å². The molecule has 0 aliphatic carbocycles. The Bertz CT molecular complexity index is 3750. The summed E-state index contributed by atoms with van der Waals surface area (Å²) < 4.78 is 10.1. The quantitative estimate of drug-likeness (QED) is 0.165. The van der Waals surface area contributed by atoms with E-state index in [9.17, 15) is 0 Å². The SMILES string of the molecule is c1ccc2c(c1)sc1cc(-n3c4cnccc4c4c5ccc6cc7c(c8ccc(cc43)c5c68)c3ccncc3n7-c3ccc4c(c3)sc3ccccc34)ccc12. The van der Waals surface area contributed by atoms with E-state index < -0.39 is 0 Å². The first kappa shape index (κ1) is 29.5. The van der Waals surface area contributed by atoms with Crippen LogP contribution in [0.15, 0.2) is 158 Å². The van der Waals surface area contributed by atoms with Crippen LogP contribution in [0.2, 0.25) is 0 Å². The first-order chi connectivity index (χ1) is 27.8. The monoisotopic (exact) mass is 746 g/mol. The van der Waals surface area contributed by atoms with Crippen molar-refractivity contribution >= 4 is 139 Å². The predicted molar refractivity (Wildman–Crippen MR) is 240 cm³/mol. The maximum atomic E-state index is 4.65. The van der Waals surface area contributed by atoms with Crippen LogP contribution in [0.25, 0.3) is 128 Å². The third kappa shape index (κ3) is 3.68. The van der Waals surface area contributed by atoms with E-state index in [-0.39, 0.29) is 0 Å². The third-order valence-corrected chi connectivity index (χ3v) is 14.5. The zero-order chi connectivity index (χ0) is 36.2. The summed E-state index contributed by atoms with van der Waals surface area (Å²) in [5, 5.41) is 17.9. The van der Waals surface area contributed by atoms with Gasteiger partial charge in [-0.3, -0.25) is 9.97 Å². The summed E-state index contributed by atoms with van der Waals surface area (Å²) in [6.45, 7) is 0. The Balaban J connectivity index is 1.06. The topological polar surface area (TPSA) is 35.6 Å². The van der Waals surface area contributed by atoms with E-state index in [1.54, 1.807) is 0 Å². The van der Waals surface area contributed by atoms with Crippen LogP contribution in [0, 0.1) is 0 Å². The fraction of sp³-hybridized carbons (Fsp3) is 0. The molecule has 14 aromatic rings. The van der Waals surface area contributed by atoms with Crippen molar-refractivity contribution in [1.82, 2.24) is 19.1 Å². The van der Waals surface area contributed by atoms with Gasteiger partial charge in [-0.15, -0.1) is 22.7 Å². The molecule has 0 spiro atoms. The molecule has 0 amide bonds. The second-order valence-electron chi connectivity index (χ2n) is 15.0. The summed E-state index contributed by atoms with van der Waals surface area (Å²) in [7, 11) is 0. The molecule has 0 N–H and O–H groups in total. The summed E-state index contributed by atoms with van der Waals surface area (Å²) in [6.07, 6.45) is 7.92. The van der Waals surface area contributed by atoms with Gasteiger partial charge >= 0.3 is 0 Å². The minimum absolute atomic E-state index is 1.12. The molecule has 0 aliphatic heterocycles. The molecule has 6 heterocycles. The molecule has 6 heteroatoms. The molecule has 0 bridgehead atoms. The number of nitrogens with zero attached hydrogens (tertiary/aromatic N) is 4. The van der Waals surface area contributed by atoms with Crippen LogP contribution in [0.5, 0.6) is 0 Å². The highest BCUT2D eigenvalue weighted by molar-refractivity contribution is 7.26. The normalized spacial score (nSPS) is 12.6. The van der Waals surface area contributed by atoms with Crippen molar-refractivity contribution in [2.75, 3.05) is 0 Å². The van der Waals surface area contributed by atoms with Gasteiger partial charge in [0.2, 0.25) is 0 Å². The number of hydrogen-bond acceptors (Lipinski definition) is 4. The fourth-order valence-electron chi connectivity index (χ4n) is 9.91. The van der Waals surface area contributed by atoms with Crippen LogP contribution in [0.3, 0.4) is 0 Å². The number of pyridine rings is 2. The number of fused-ring (bicyclic) bond motifs is 14. The lowest BCUT2D eigenvalue weighted by Crippen LogP contribution is -1.95. The van der Waals surface area contributed by atoms with E-state index in [2.05, 4.69) is 153 Å². The minimum atomic E-state index is 1.12. The van der Waals surface area contributed by atoms with E-state index >= 15 is 0 Å². The molecule has 0 fully saturated rings. The predicted octanol–water partition coefficient (Wildman–Crippen LogP) is 14.3. The van der Waals surface area contributed by atoms with E-state index in [0.29, 0.717) is 0 Å². The molecule has 8 aromatic carbocycles. The van der Waals surface area contributed by atoms with E-state index in [1.165, 1.54) is 105 Å². The Morgan fingerprint density at radius 2 is 0.786 bits per heavy atom. The zero-order valence-corrected chi connectivity index (χ0v) is 31.2. The average Bonchev–Trinajstić information content (AvgIpc) is 3.99. The van der Waals surface area contributed by atoms with Gasteiger partial charge in [0.05, 0.1) is 34.5 Å². The molecule has 4 nitrogen and oxygen atoms in total. The summed E-state index contributed by atoms with van der Waals surface area (Å²) in [6, 6.07) is 49.9. The molecule has 0 unspecified atom stereocenters. The van der Waals surface area contributed by atoms with Gasteiger partial charge in [-0.05, 0) is 93.0 Å². The number of rotatable bonds is 2. The lowest BCUT2D eigenvalue weighted by molar-refractivity contribution is 1.17. The van der Waals surface area contributed by atoms with Crippen LogP contribution in [-0.4, -0.2) is 19.1 Å². The Morgan fingerprint density at radius 1 is 0.339 bits per heavy atom. The van der Waals surface area contributed by atoms with Crippen molar-refractivity contribution in [2.24, 2.45) is 0 Å². The van der Waals surface area contributed by atoms with Crippen LogP contribution in [-0.2, 0) is 0 Å². The smallest absolute Gasteiger partial charge is 0.0724 e. The maximum absolute atomic E-state index is 4.65. The fourth-order valence-corrected chi connectivity index (χ4v) is 12.2. The van der Waals surface area contributed by atoms with Crippen LogP contribution in [0.1, 0.15) is 0 Å². The van der Waals surface area contributed by atoms with Gasteiger partial charge in [0.1, 0.15) is 0 Å². The standard InChI is InChI=1S/C50H26N4S2/c1-3-7-43-31(5-1)33-15-11-29(23-45(33)55-43)53-39-21-27-9-14-38-48-28(10-13-37(47(27)48)49(39)35-17-19-51-25-41(35)53)22-40-50(38)36-18-20-52-26-42(36)54(40)30-12-16-34-32-6-2-4-8-44(32)56-46(34)24-30/h1-26H. The number of thiophene rings is 2. The van der Waals surface area contributed by atoms with Gasteiger partial charge in [-0.2, -0.15) is 0 Å². The average molecular weight is 747 g/mol. The van der Waals surface area contributed by atoms with Gasteiger partial charge in [0.25, 0.3) is 0 Å². The van der Waals surface area contributed by atoms with Crippen molar-refractivity contribution in [3.05, 3.63) is 158 Å². The van der Waals surface area contributed by atoms with Crippen LogP contribution >= 0.6 is 22.7 Å². The number of aromatic nitrogens is 4. The minimum Gasteiger partial charge on any atom is -0.308 e. The van der Waals surface area contributed by atoms with E-state index in [4.69, 9.17) is 0 Å². The molecule has 0 saturated heterocycles. The molecular weight excluding hydrogens is 721 g/mol. The first-order valence-corrected chi connectivity index (χ1v) is 20.5. The molecule has 0 radical (unpaired) electrons. The van der Waals surface area contributed by atoms with Crippen LogP contribution in [0.4, 0.5) is 0 Å². The van der Waals surface area contributed by atoms with Gasteiger partial charge < -0.3 is 9.13 Å². The highest BCUT2D eigenvalue weighted by Gasteiger charge is 2.23. The largest absolute Gasteiger partial charge is 0.308 e. The summed E-state index contributed by atoms with van der Waals surface area (Å²) in [5.74, 6) is 0. The second kappa shape index (κ2) is 10.5. The Labute approximate surface area is 326 Å². The summed E-state index contributed by atoms with van der Waals surface area (Å²) in [5.41, 5.74) is 6.94. The highest BCUT2D eigenvalue weighted by atomic mass is 32.1. The highest BCUT2D eigenvalue weighted by Crippen LogP contribution is 2.47. The lowest BCUT2D eigenvalue weighted by Gasteiger charge is -2.15. The molecule has 6 aromatic heterocycles. The van der Waals surface area contributed by atoms with Gasteiger partial charge in [0.15, 0.2) is 0 Å². The zero-order valence-electron chi connectivity index (χ0n) is 29.6. The summed E-state index contributed by atoms with van der Waals surface area (Å²) in [4.78, 5) is 9.31. The number of benzene rings is 8. The Kier molecular flexibility index (Phi) is 5.51. The molecule has 14 rings (SSSR count). The second-order valence-corrected chi connectivity index (χ2v) is 17.1. The lowest BCUT2D eigenvalue weighted by atomic mass is 9.90. The number of hydrogen-bond donors (Lipinski definition) is 0. The van der Waals surface area contributed by atoms with Crippen molar-refractivity contribution in [2.45, 2.75) is 0 Å². The first-order valence-electron chi connectivity index (χ1n) is 18.9. The molecule has 0 atom stereocenters. The van der Waals surface area contributed by atoms with Gasteiger partial charge in [0, 0.05) is 85.7 Å². The van der Waals surface area contributed by atoms with E-state index in [0.717, 1.165) is 22.4 Å². The van der Waals surface area contributed by atoms with Gasteiger partial charge in [-0.1, -0.05) is 72.8 Å². The van der Waals surface area contributed by atoms with Gasteiger partial charge in [-0.25, -0.2) is 0 Å². The Hall–Kier alpha value is -6.86. The molecule has 258 valence electrons. The molecule has 56 heavy (non-hydrogen) atoms. The third-order valence-electron chi connectivity index (χ3n) is 12.2. The summed E-state index contributed by atoms with van der Waals surface area (Å²) >= 11 is 3.72. The Morgan fingerprint density at radius 3 is 1.29 bits per heavy atom. The molecule has 0 aliphatic rings.